The summed E-state index contributed by atoms with van der Waals surface area (Å²) in [5.41, 5.74) is 6.21. The zero-order valence-electron chi connectivity index (χ0n) is 12.0. The number of nitrogens with two attached hydrogens (primary N) is 1. The Hall–Kier alpha value is -1.36. The minimum absolute atomic E-state index is 0.0502. The van der Waals surface area contributed by atoms with Crippen LogP contribution in [0.5, 0.6) is 0 Å². The average Bonchev–Trinajstić information content (AvgIpc) is 3.12. The molecule has 110 valence electrons. The maximum atomic E-state index is 12.3. The Morgan fingerprint density at radius 1 is 1.50 bits per heavy atom. The number of fused-ring (bicyclic) bond motifs is 2. The molecule has 0 aliphatic heterocycles. The lowest BCUT2D eigenvalue weighted by molar-refractivity contribution is -0.127. The van der Waals surface area contributed by atoms with Gasteiger partial charge in [0.2, 0.25) is 5.91 Å². The fourth-order valence-corrected chi connectivity index (χ4v) is 3.94. The van der Waals surface area contributed by atoms with Crippen LogP contribution in [0.1, 0.15) is 26.2 Å². The summed E-state index contributed by atoms with van der Waals surface area (Å²) in [5.74, 6) is 1.72. The van der Waals surface area contributed by atoms with Gasteiger partial charge >= 0.3 is 0 Å². The number of hydrogen-bond donors (Lipinski definition) is 2. The number of nitrogens with one attached hydrogen (secondary N) is 1. The van der Waals surface area contributed by atoms with Gasteiger partial charge in [-0.05, 0) is 37.0 Å². The van der Waals surface area contributed by atoms with Crippen molar-refractivity contribution in [2.45, 2.75) is 38.8 Å². The molecule has 2 aliphatic carbocycles. The Bertz CT molecular complexity index is 456. The lowest BCUT2D eigenvalue weighted by Crippen LogP contribution is -2.46. The molecule has 0 aromatic carbocycles. The van der Waals surface area contributed by atoms with Gasteiger partial charge < -0.3 is 15.6 Å². The molecule has 2 fully saturated rings. The third-order valence-corrected chi connectivity index (χ3v) is 4.99. The summed E-state index contributed by atoms with van der Waals surface area (Å²) >= 11 is 0. The first-order valence-corrected chi connectivity index (χ1v) is 7.64. The molecule has 0 saturated heterocycles. The fourth-order valence-electron chi connectivity index (χ4n) is 3.94. The predicted octanol–water partition coefficient (Wildman–Crippen LogP) is 1.01. The summed E-state index contributed by atoms with van der Waals surface area (Å²) in [4.78, 5) is 16.4. The molecule has 0 spiro atoms. The summed E-state index contributed by atoms with van der Waals surface area (Å²) in [5, 5.41) is 3.10. The Kier molecular flexibility index (Phi) is 3.78. The van der Waals surface area contributed by atoms with Crippen LogP contribution in [0.15, 0.2) is 18.7 Å². The molecule has 5 nitrogen and oxygen atoms in total. The van der Waals surface area contributed by atoms with Crippen LogP contribution < -0.4 is 11.1 Å². The molecule has 1 aromatic rings. The SMILES string of the molecule is CC(CNC(=O)C1C2CCC(C2)C1N)Cn1ccnc1. The van der Waals surface area contributed by atoms with E-state index in [-0.39, 0.29) is 17.9 Å². The van der Waals surface area contributed by atoms with Crippen molar-refractivity contribution >= 4 is 5.91 Å². The van der Waals surface area contributed by atoms with Gasteiger partial charge in [-0.25, -0.2) is 4.98 Å². The highest BCUT2D eigenvalue weighted by atomic mass is 16.1. The Morgan fingerprint density at radius 2 is 2.30 bits per heavy atom. The molecule has 1 heterocycles. The first-order chi connectivity index (χ1) is 9.65. The number of imidazole rings is 1. The van der Waals surface area contributed by atoms with Crippen molar-refractivity contribution in [1.29, 1.82) is 0 Å². The van der Waals surface area contributed by atoms with Gasteiger partial charge in [-0.2, -0.15) is 0 Å². The van der Waals surface area contributed by atoms with Crippen LogP contribution in [0.3, 0.4) is 0 Å². The summed E-state index contributed by atoms with van der Waals surface area (Å²) in [6, 6.07) is 0.0812. The zero-order chi connectivity index (χ0) is 14.1. The molecule has 20 heavy (non-hydrogen) atoms. The zero-order valence-corrected chi connectivity index (χ0v) is 12.0. The highest BCUT2D eigenvalue weighted by Crippen LogP contribution is 2.47. The smallest absolute Gasteiger partial charge is 0.224 e. The van der Waals surface area contributed by atoms with E-state index in [2.05, 4.69) is 17.2 Å². The van der Waals surface area contributed by atoms with Gasteiger partial charge in [0, 0.05) is 31.5 Å². The van der Waals surface area contributed by atoms with Gasteiger partial charge in [0.1, 0.15) is 0 Å². The van der Waals surface area contributed by atoms with Crippen LogP contribution in [0.25, 0.3) is 0 Å². The number of amides is 1. The van der Waals surface area contributed by atoms with Gasteiger partial charge in [-0.3, -0.25) is 4.79 Å². The van der Waals surface area contributed by atoms with E-state index in [0.29, 0.717) is 24.3 Å². The molecular weight excluding hydrogens is 252 g/mol. The molecule has 2 aliphatic rings. The highest BCUT2D eigenvalue weighted by molar-refractivity contribution is 5.80. The minimum Gasteiger partial charge on any atom is -0.355 e. The van der Waals surface area contributed by atoms with Crippen molar-refractivity contribution in [1.82, 2.24) is 14.9 Å². The van der Waals surface area contributed by atoms with Crippen LogP contribution in [-0.4, -0.2) is 28.0 Å². The monoisotopic (exact) mass is 276 g/mol. The van der Waals surface area contributed by atoms with Crippen molar-refractivity contribution < 1.29 is 4.79 Å². The number of carbonyl (C=O) groups is 1. The van der Waals surface area contributed by atoms with E-state index in [0.717, 1.165) is 13.0 Å². The third kappa shape index (κ3) is 2.59. The van der Waals surface area contributed by atoms with Crippen molar-refractivity contribution in [2.75, 3.05) is 6.54 Å². The second kappa shape index (κ2) is 5.56. The van der Waals surface area contributed by atoms with Gasteiger partial charge in [-0.15, -0.1) is 0 Å². The van der Waals surface area contributed by atoms with Gasteiger partial charge in [0.15, 0.2) is 0 Å². The maximum Gasteiger partial charge on any atom is 0.224 e. The second-order valence-corrected chi connectivity index (χ2v) is 6.55. The topological polar surface area (TPSA) is 72.9 Å². The van der Waals surface area contributed by atoms with Gasteiger partial charge in [0.25, 0.3) is 0 Å². The van der Waals surface area contributed by atoms with E-state index in [9.17, 15) is 4.79 Å². The normalized spacial score (nSPS) is 33.3. The molecular formula is C15H24N4O. The third-order valence-electron chi connectivity index (χ3n) is 4.99. The Balaban J connectivity index is 1.47. The van der Waals surface area contributed by atoms with Crippen LogP contribution >= 0.6 is 0 Å². The lowest BCUT2D eigenvalue weighted by Gasteiger charge is -2.27. The second-order valence-electron chi connectivity index (χ2n) is 6.55. The van der Waals surface area contributed by atoms with Crippen molar-refractivity contribution in [3.63, 3.8) is 0 Å². The van der Waals surface area contributed by atoms with E-state index in [1.807, 2.05) is 17.1 Å². The van der Waals surface area contributed by atoms with Crippen molar-refractivity contribution in [3.05, 3.63) is 18.7 Å². The molecule has 1 aromatic heterocycles. The molecule has 5 heteroatoms. The molecule has 3 N–H and O–H groups in total. The van der Waals surface area contributed by atoms with E-state index < -0.39 is 0 Å². The molecule has 2 bridgehead atoms. The summed E-state index contributed by atoms with van der Waals surface area (Å²) < 4.78 is 2.04. The Morgan fingerprint density at radius 3 is 2.95 bits per heavy atom. The number of nitrogens with zero attached hydrogens (tertiary/aromatic N) is 2. The molecule has 3 rings (SSSR count). The number of carbonyl (C=O) groups excluding carboxylic acids is 1. The lowest BCUT2D eigenvalue weighted by atomic mass is 9.84. The standard InChI is InChI=1S/C15H24N4O/c1-10(8-19-5-4-17-9-19)7-18-15(20)13-11-2-3-12(6-11)14(13)16/h4-5,9-14H,2-3,6-8,16H2,1H3,(H,18,20). The molecule has 5 unspecified atom stereocenters. The van der Waals surface area contributed by atoms with Crippen molar-refractivity contribution in [3.8, 4) is 0 Å². The Labute approximate surface area is 119 Å². The molecule has 0 radical (unpaired) electrons. The molecule has 2 saturated carbocycles. The number of aromatic nitrogens is 2. The summed E-state index contributed by atoms with van der Waals surface area (Å²) in [6.07, 6.45) is 9.09. The predicted molar refractivity (Wildman–Crippen MR) is 76.7 cm³/mol. The highest BCUT2D eigenvalue weighted by Gasteiger charge is 2.48. The molecule has 1 amide bonds. The summed E-state index contributed by atoms with van der Waals surface area (Å²) in [6.45, 7) is 3.72. The van der Waals surface area contributed by atoms with Crippen molar-refractivity contribution in [2.24, 2.45) is 29.4 Å². The van der Waals surface area contributed by atoms with Crippen LogP contribution in [-0.2, 0) is 11.3 Å². The summed E-state index contributed by atoms with van der Waals surface area (Å²) in [7, 11) is 0. The number of hydrogen-bond acceptors (Lipinski definition) is 3. The number of rotatable bonds is 5. The molecule has 5 atom stereocenters. The van der Waals surface area contributed by atoms with E-state index >= 15 is 0 Å². The maximum absolute atomic E-state index is 12.3. The van der Waals surface area contributed by atoms with Gasteiger partial charge in [-0.1, -0.05) is 6.92 Å². The first-order valence-electron chi connectivity index (χ1n) is 7.64. The van der Waals surface area contributed by atoms with E-state index in [1.165, 1.54) is 12.8 Å². The van der Waals surface area contributed by atoms with Crippen LogP contribution in [0, 0.1) is 23.7 Å². The largest absolute Gasteiger partial charge is 0.355 e. The van der Waals surface area contributed by atoms with E-state index in [1.54, 1.807) is 6.20 Å². The van der Waals surface area contributed by atoms with Crippen LogP contribution in [0.2, 0.25) is 0 Å². The van der Waals surface area contributed by atoms with Crippen LogP contribution in [0.4, 0.5) is 0 Å². The minimum atomic E-state index is 0.0502. The fraction of sp³-hybridized carbons (Fsp3) is 0.733. The van der Waals surface area contributed by atoms with E-state index in [4.69, 9.17) is 5.73 Å². The average molecular weight is 276 g/mol. The first kappa shape index (κ1) is 13.6. The quantitative estimate of drug-likeness (QED) is 0.843. The van der Waals surface area contributed by atoms with Gasteiger partial charge in [0.05, 0.1) is 12.2 Å².